The molecule has 2 rings (SSSR count). The van der Waals surface area contributed by atoms with Gasteiger partial charge in [-0.1, -0.05) is 56.3 Å². The highest BCUT2D eigenvalue weighted by molar-refractivity contribution is 5.88. The molecule has 2 aromatic rings. The van der Waals surface area contributed by atoms with Crippen molar-refractivity contribution in [3.8, 4) is 5.75 Å². The topological polar surface area (TPSA) is 58.6 Å². The van der Waals surface area contributed by atoms with Gasteiger partial charge in [0.25, 0.3) is 0 Å². The fourth-order valence-electron chi connectivity index (χ4n) is 3.28. The van der Waals surface area contributed by atoms with E-state index in [9.17, 15) is 9.59 Å². The van der Waals surface area contributed by atoms with E-state index in [0.29, 0.717) is 25.9 Å². The van der Waals surface area contributed by atoms with Crippen LogP contribution in [0.5, 0.6) is 5.75 Å². The molecular weight excluding hydrogens is 364 g/mol. The van der Waals surface area contributed by atoms with E-state index in [4.69, 9.17) is 4.74 Å². The maximum atomic E-state index is 13.2. The van der Waals surface area contributed by atoms with Gasteiger partial charge in [0.15, 0.2) is 0 Å². The molecule has 0 aliphatic rings. The van der Waals surface area contributed by atoms with Crippen molar-refractivity contribution in [2.75, 3.05) is 20.2 Å². The first-order valence-corrected chi connectivity index (χ1v) is 10.3. The van der Waals surface area contributed by atoms with Crippen LogP contribution in [-0.4, -0.2) is 43.0 Å². The third-order valence-corrected chi connectivity index (χ3v) is 4.93. The van der Waals surface area contributed by atoms with E-state index >= 15 is 0 Å². The van der Waals surface area contributed by atoms with Gasteiger partial charge in [-0.25, -0.2) is 0 Å². The van der Waals surface area contributed by atoms with Crippen LogP contribution in [0.15, 0.2) is 54.6 Å². The number of nitrogens with zero attached hydrogens (tertiary/aromatic N) is 1. The second-order valence-electron chi connectivity index (χ2n) is 7.06. The van der Waals surface area contributed by atoms with Crippen LogP contribution in [0.1, 0.15) is 37.8 Å². The molecule has 0 heterocycles. The highest BCUT2D eigenvalue weighted by Crippen LogP contribution is 2.15. The Morgan fingerprint density at radius 1 is 1.00 bits per heavy atom. The summed E-state index contributed by atoms with van der Waals surface area (Å²) in [5, 5.41) is 2.95. The molecule has 0 radical (unpaired) electrons. The summed E-state index contributed by atoms with van der Waals surface area (Å²) in [6.45, 7) is 5.10. The molecule has 0 saturated heterocycles. The number of carbonyl (C=O) groups excluding carboxylic acids is 2. The molecule has 0 spiro atoms. The lowest BCUT2D eigenvalue weighted by molar-refractivity contribution is -0.140. The largest absolute Gasteiger partial charge is 0.497 e. The molecule has 1 atom stereocenters. The Morgan fingerprint density at radius 2 is 1.69 bits per heavy atom. The van der Waals surface area contributed by atoms with Crippen molar-refractivity contribution in [1.82, 2.24) is 10.2 Å². The first kappa shape index (κ1) is 22.5. The zero-order chi connectivity index (χ0) is 21.1. The van der Waals surface area contributed by atoms with Gasteiger partial charge in [0.1, 0.15) is 11.8 Å². The van der Waals surface area contributed by atoms with Crippen molar-refractivity contribution in [3.63, 3.8) is 0 Å². The maximum Gasteiger partial charge on any atom is 0.242 e. The molecular formula is C24H32N2O3. The SMILES string of the molecule is CCCNC(=O)C(CC)N(CCc1ccccc1)C(=O)Cc1ccc(OC)cc1. The summed E-state index contributed by atoms with van der Waals surface area (Å²) >= 11 is 0. The van der Waals surface area contributed by atoms with Crippen molar-refractivity contribution in [2.45, 2.75) is 45.6 Å². The van der Waals surface area contributed by atoms with Gasteiger partial charge in [-0.15, -0.1) is 0 Å². The molecule has 0 aliphatic heterocycles. The van der Waals surface area contributed by atoms with E-state index in [1.807, 2.05) is 68.4 Å². The van der Waals surface area contributed by atoms with E-state index in [1.165, 1.54) is 0 Å². The molecule has 1 N–H and O–H groups in total. The predicted octanol–water partition coefficient (Wildman–Crippen LogP) is 3.61. The average molecular weight is 397 g/mol. The van der Waals surface area contributed by atoms with E-state index in [1.54, 1.807) is 12.0 Å². The monoisotopic (exact) mass is 396 g/mol. The van der Waals surface area contributed by atoms with Crippen LogP contribution in [-0.2, 0) is 22.4 Å². The van der Waals surface area contributed by atoms with Crippen LogP contribution in [0.25, 0.3) is 0 Å². The van der Waals surface area contributed by atoms with Crippen molar-refractivity contribution in [3.05, 3.63) is 65.7 Å². The van der Waals surface area contributed by atoms with E-state index in [-0.39, 0.29) is 18.2 Å². The zero-order valence-corrected chi connectivity index (χ0v) is 17.7. The first-order valence-electron chi connectivity index (χ1n) is 10.3. The van der Waals surface area contributed by atoms with Gasteiger partial charge in [-0.05, 0) is 42.5 Å². The molecule has 5 heteroatoms. The maximum absolute atomic E-state index is 13.2. The molecule has 156 valence electrons. The molecule has 0 aromatic heterocycles. The molecule has 5 nitrogen and oxygen atoms in total. The molecule has 29 heavy (non-hydrogen) atoms. The molecule has 0 bridgehead atoms. The Hall–Kier alpha value is -2.82. The Kier molecular flexibility index (Phi) is 9.22. The number of nitrogens with one attached hydrogen (secondary N) is 1. The number of hydrogen-bond acceptors (Lipinski definition) is 3. The van der Waals surface area contributed by atoms with E-state index < -0.39 is 6.04 Å². The molecule has 0 saturated carbocycles. The third-order valence-electron chi connectivity index (χ3n) is 4.93. The zero-order valence-electron chi connectivity index (χ0n) is 17.7. The minimum atomic E-state index is -0.462. The van der Waals surface area contributed by atoms with E-state index in [0.717, 1.165) is 23.3 Å². The van der Waals surface area contributed by atoms with Crippen LogP contribution in [0.4, 0.5) is 0 Å². The van der Waals surface area contributed by atoms with Crippen molar-refractivity contribution in [1.29, 1.82) is 0 Å². The lowest BCUT2D eigenvalue weighted by Gasteiger charge is -2.30. The van der Waals surface area contributed by atoms with Crippen LogP contribution in [0.3, 0.4) is 0 Å². The van der Waals surface area contributed by atoms with Crippen LogP contribution >= 0.6 is 0 Å². The van der Waals surface area contributed by atoms with E-state index in [2.05, 4.69) is 5.32 Å². The second-order valence-corrected chi connectivity index (χ2v) is 7.06. The van der Waals surface area contributed by atoms with Gasteiger partial charge in [0, 0.05) is 13.1 Å². The number of carbonyl (C=O) groups is 2. The Bertz CT molecular complexity index is 759. The lowest BCUT2D eigenvalue weighted by atomic mass is 10.1. The number of hydrogen-bond donors (Lipinski definition) is 1. The van der Waals surface area contributed by atoms with Crippen LogP contribution in [0.2, 0.25) is 0 Å². The highest BCUT2D eigenvalue weighted by Gasteiger charge is 2.28. The third kappa shape index (κ3) is 6.93. The summed E-state index contributed by atoms with van der Waals surface area (Å²) in [5.41, 5.74) is 2.06. The number of benzene rings is 2. The fraction of sp³-hybridized carbons (Fsp3) is 0.417. The molecule has 0 aliphatic carbocycles. The first-order chi connectivity index (χ1) is 14.1. The fourth-order valence-corrected chi connectivity index (χ4v) is 3.28. The minimum Gasteiger partial charge on any atom is -0.497 e. The average Bonchev–Trinajstić information content (AvgIpc) is 2.76. The normalized spacial score (nSPS) is 11.6. The highest BCUT2D eigenvalue weighted by atomic mass is 16.5. The van der Waals surface area contributed by atoms with Crippen LogP contribution in [0, 0.1) is 0 Å². The smallest absolute Gasteiger partial charge is 0.242 e. The summed E-state index contributed by atoms with van der Waals surface area (Å²) in [6, 6.07) is 17.1. The molecule has 0 fully saturated rings. The standard InChI is InChI=1S/C24H32N2O3/c1-4-16-25-24(28)22(5-2)26(17-15-19-9-7-6-8-10-19)23(27)18-20-11-13-21(29-3)14-12-20/h6-14,22H,4-5,15-18H2,1-3H3,(H,25,28). The number of amides is 2. The second kappa shape index (κ2) is 11.9. The Labute approximate surface area is 174 Å². The van der Waals surface area contributed by atoms with Crippen molar-refractivity contribution in [2.24, 2.45) is 0 Å². The molecule has 1 unspecified atom stereocenters. The quantitative estimate of drug-likeness (QED) is 0.631. The van der Waals surface area contributed by atoms with Crippen molar-refractivity contribution >= 4 is 11.8 Å². The minimum absolute atomic E-state index is 0.0374. The molecule has 2 aromatic carbocycles. The number of rotatable bonds is 11. The van der Waals surface area contributed by atoms with Gasteiger partial charge in [0.05, 0.1) is 13.5 Å². The number of ether oxygens (including phenoxy) is 1. The van der Waals surface area contributed by atoms with Gasteiger partial charge < -0.3 is 15.0 Å². The predicted molar refractivity (Wildman–Crippen MR) is 116 cm³/mol. The number of methoxy groups -OCH3 is 1. The van der Waals surface area contributed by atoms with Gasteiger partial charge >= 0.3 is 0 Å². The summed E-state index contributed by atoms with van der Waals surface area (Å²) in [5.74, 6) is 0.641. The van der Waals surface area contributed by atoms with Crippen LogP contribution < -0.4 is 10.1 Å². The Morgan fingerprint density at radius 3 is 2.28 bits per heavy atom. The van der Waals surface area contributed by atoms with Crippen molar-refractivity contribution < 1.29 is 14.3 Å². The summed E-state index contributed by atoms with van der Waals surface area (Å²) in [6.07, 6.45) is 2.42. The molecule has 2 amide bonds. The van der Waals surface area contributed by atoms with Gasteiger partial charge in [-0.2, -0.15) is 0 Å². The summed E-state index contributed by atoms with van der Waals surface area (Å²) in [7, 11) is 1.62. The summed E-state index contributed by atoms with van der Waals surface area (Å²) in [4.78, 5) is 27.6. The Balaban J connectivity index is 2.16. The lowest BCUT2D eigenvalue weighted by Crippen LogP contribution is -2.50. The summed E-state index contributed by atoms with van der Waals surface area (Å²) < 4.78 is 5.19. The van der Waals surface area contributed by atoms with Gasteiger partial charge in [-0.3, -0.25) is 9.59 Å². The van der Waals surface area contributed by atoms with Gasteiger partial charge in [0.2, 0.25) is 11.8 Å².